The van der Waals surface area contributed by atoms with Crippen molar-refractivity contribution < 1.29 is 4.42 Å². The Labute approximate surface area is 186 Å². The SMILES string of the molecule is O=c1c2ccccc2ncn1CCN1CCC(c2nnc3sc(-c4ccoc4)nn23)CC1. The molecule has 0 spiro atoms. The van der Waals surface area contributed by atoms with E-state index in [0.29, 0.717) is 17.8 Å². The Morgan fingerprint density at radius 3 is 2.81 bits per heavy atom. The predicted molar refractivity (Wildman–Crippen MR) is 121 cm³/mol. The molecule has 0 atom stereocenters. The van der Waals surface area contributed by atoms with Crippen molar-refractivity contribution in [2.75, 3.05) is 19.6 Å². The molecule has 10 heteroatoms. The van der Waals surface area contributed by atoms with Crippen LogP contribution >= 0.6 is 11.3 Å². The lowest BCUT2D eigenvalue weighted by molar-refractivity contribution is 0.201. The summed E-state index contributed by atoms with van der Waals surface area (Å²) in [6, 6.07) is 9.38. The highest BCUT2D eigenvalue weighted by molar-refractivity contribution is 7.19. The van der Waals surface area contributed by atoms with Gasteiger partial charge in [0.25, 0.3) is 5.56 Å². The maximum Gasteiger partial charge on any atom is 0.261 e. The van der Waals surface area contributed by atoms with Gasteiger partial charge in [0, 0.05) is 19.0 Å². The molecule has 0 radical (unpaired) electrons. The van der Waals surface area contributed by atoms with Gasteiger partial charge in [-0.05, 0) is 44.1 Å². The molecule has 0 saturated carbocycles. The summed E-state index contributed by atoms with van der Waals surface area (Å²) in [5.74, 6) is 1.26. The molecule has 32 heavy (non-hydrogen) atoms. The molecule has 0 N–H and O–H groups in total. The summed E-state index contributed by atoms with van der Waals surface area (Å²) in [4.78, 5) is 20.3. The third kappa shape index (κ3) is 3.41. The number of piperidine rings is 1. The number of aromatic nitrogens is 6. The van der Waals surface area contributed by atoms with Crippen molar-refractivity contribution in [1.82, 2.24) is 34.3 Å². The molecule has 1 aliphatic rings. The summed E-state index contributed by atoms with van der Waals surface area (Å²) in [7, 11) is 0. The number of furan rings is 1. The molecule has 4 aromatic heterocycles. The lowest BCUT2D eigenvalue weighted by Crippen LogP contribution is -2.37. The Hall–Kier alpha value is -3.37. The lowest BCUT2D eigenvalue weighted by atomic mass is 9.96. The third-order valence-corrected chi connectivity index (χ3v) is 7.07. The normalized spacial score (nSPS) is 15.8. The van der Waals surface area contributed by atoms with E-state index in [1.54, 1.807) is 23.4 Å². The Kier molecular flexibility index (Phi) is 4.80. The van der Waals surface area contributed by atoms with Crippen molar-refractivity contribution in [2.45, 2.75) is 25.3 Å². The lowest BCUT2D eigenvalue weighted by Gasteiger charge is -2.30. The van der Waals surface area contributed by atoms with Gasteiger partial charge in [-0.25, -0.2) is 4.98 Å². The zero-order valence-corrected chi connectivity index (χ0v) is 18.1. The minimum Gasteiger partial charge on any atom is -0.472 e. The molecule has 0 bridgehead atoms. The van der Waals surface area contributed by atoms with Crippen LogP contribution in [0.1, 0.15) is 24.6 Å². The number of likely N-dealkylation sites (tertiary alicyclic amines) is 1. The van der Waals surface area contributed by atoms with Crippen LogP contribution in [-0.2, 0) is 6.54 Å². The van der Waals surface area contributed by atoms with E-state index >= 15 is 0 Å². The first-order valence-corrected chi connectivity index (χ1v) is 11.5. The van der Waals surface area contributed by atoms with Gasteiger partial charge in [-0.2, -0.15) is 9.61 Å². The van der Waals surface area contributed by atoms with Crippen LogP contribution < -0.4 is 5.56 Å². The number of para-hydroxylation sites is 1. The number of nitrogens with zero attached hydrogens (tertiary/aromatic N) is 7. The summed E-state index contributed by atoms with van der Waals surface area (Å²) in [5.41, 5.74) is 1.72. The molecule has 5 aromatic rings. The molecule has 1 aromatic carbocycles. The molecule has 0 unspecified atom stereocenters. The summed E-state index contributed by atoms with van der Waals surface area (Å²) in [6.07, 6.45) is 6.98. The van der Waals surface area contributed by atoms with Crippen LogP contribution in [0.3, 0.4) is 0 Å². The fourth-order valence-corrected chi connectivity index (χ4v) is 5.15. The van der Waals surface area contributed by atoms with Crippen molar-refractivity contribution in [2.24, 2.45) is 0 Å². The van der Waals surface area contributed by atoms with Gasteiger partial charge in [-0.3, -0.25) is 9.36 Å². The van der Waals surface area contributed by atoms with Gasteiger partial charge in [0.2, 0.25) is 4.96 Å². The molecular formula is C22H21N7O2S. The van der Waals surface area contributed by atoms with Crippen LogP contribution in [0.2, 0.25) is 0 Å². The van der Waals surface area contributed by atoms with Crippen molar-refractivity contribution in [3.05, 3.63) is 65.4 Å². The maximum atomic E-state index is 12.7. The van der Waals surface area contributed by atoms with Gasteiger partial charge in [-0.1, -0.05) is 23.5 Å². The van der Waals surface area contributed by atoms with Crippen LogP contribution in [0.15, 0.2) is 58.4 Å². The van der Waals surface area contributed by atoms with E-state index in [-0.39, 0.29) is 5.56 Å². The van der Waals surface area contributed by atoms with Crippen LogP contribution in [0.25, 0.3) is 26.4 Å². The summed E-state index contributed by atoms with van der Waals surface area (Å²) < 4.78 is 8.77. The monoisotopic (exact) mass is 447 g/mol. The molecule has 0 aliphatic carbocycles. The average molecular weight is 448 g/mol. The molecule has 1 fully saturated rings. The van der Waals surface area contributed by atoms with E-state index in [0.717, 1.165) is 59.3 Å². The van der Waals surface area contributed by atoms with Crippen LogP contribution in [0, 0.1) is 0 Å². The van der Waals surface area contributed by atoms with E-state index in [1.165, 1.54) is 11.3 Å². The minimum absolute atomic E-state index is 0.0216. The van der Waals surface area contributed by atoms with Crippen molar-refractivity contribution in [1.29, 1.82) is 0 Å². The highest BCUT2D eigenvalue weighted by Gasteiger charge is 2.26. The van der Waals surface area contributed by atoms with Gasteiger partial charge < -0.3 is 9.32 Å². The topological polar surface area (TPSA) is 94.4 Å². The zero-order valence-electron chi connectivity index (χ0n) is 17.3. The number of fused-ring (bicyclic) bond motifs is 2. The Bertz CT molecular complexity index is 1430. The first-order chi connectivity index (χ1) is 15.8. The first-order valence-electron chi connectivity index (χ1n) is 10.7. The van der Waals surface area contributed by atoms with Crippen molar-refractivity contribution >= 4 is 27.2 Å². The van der Waals surface area contributed by atoms with E-state index in [4.69, 9.17) is 9.52 Å². The molecule has 162 valence electrons. The minimum atomic E-state index is 0.0216. The van der Waals surface area contributed by atoms with E-state index in [1.807, 2.05) is 34.8 Å². The van der Waals surface area contributed by atoms with Crippen LogP contribution in [0.4, 0.5) is 0 Å². The van der Waals surface area contributed by atoms with Gasteiger partial charge >= 0.3 is 0 Å². The highest BCUT2D eigenvalue weighted by Crippen LogP contribution is 2.31. The quantitative estimate of drug-likeness (QED) is 0.409. The van der Waals surface area contributed by atoms with Gasteiger partial charge in [0.1, 0.15) is 6.26 Å². The summed E-state index contributed by atoms with van der Waals surface area (Å²) >= 11 is 1.52. The number of benzene rings is 1. The number of rotatable bonds is 5. The Morgan fingerprint density at radius 2 is 1.97 bits per heavy atom. The van der Waals surface area contributed by atoms with E-state index in [2.05, 4.69) is 20.1 Å². The summed E-state index contributed by atoms with van der Waals surface area (Å²) in [6.45, 7) is 3.36. The number of hydrogen-bond donors (Lipinski definition) is 0. The Balaban J connectivity index is 1.12. The maximum absolute atomic E-state index is 12.7. The predicted octanol–water partition coefficient (Wildman–Crippen LogP) is 3.04. The molecule has 5 heterocycles. The largest absolute Gasteiger partial charge is 0.472 e. The molecule has 9 nitrogen and oxygen atoms in total. The van der Waals surface area contributed by atoms with Crippen LogP contribution in [0.5, 0.6) is 0 Å². The zero-order chi connectivity index (χ0) is 21.5. The van der Waals surface area contributed by atoms with E-state index in [9.17, 15) is 4.79 Å². The molecule has 6 rings (SSSR count). The van der Waals surface area contributed by atoms with Crippen molar-refractivity contribution in [3.63, 3.8) is 0 Å². The second-order valence-corrected chi connectivity index (χ2v) is 9.00. The summed E-state index contributed by atoms with van der Waals surface area (Å²) in [5, 5.41) is 15.0. The van der Waals surface area contributed by atoms with Gasteiger partial charge in [0.05, 0.1) is 29.1 Å². The molecule has 0 amide bonds. The second-order valence-electron chi connectivity index (χ2n) is 8.05. The van der Waals surface area contributed by atoms with Gasteiger partial charge in [-0.15, -0.1) is 10.2 Å². The molecule has 1 saturated heterocycles. The second kappa shape index (κ2) is 7.95. The molecule has 1 aliphatic heterocycles. The molecular weight excluding hydrogens is 426 g/mol. The fraction of sp³-hybridized carbons (Fsp3) is 0.318. The fourth-order valence-electron chi connectivity index (χ4n) is 4.32. The standard InChI is InChI=1S/C22H21N7O2S/c30-21-17-3-1-2-4-18(17)23-14-28(21)11-10-27-8-5-15(6-9-27)19-24-25-22-29(19)26-20(32-22)16-7-12-31-13-16/h1-4,7,12-15H,5-6,8-11H2. The first kappa shape index (κ1) is 19.3. The average Bonchev–Trinajstić information content (AvgIpc) is 3.57. The smallest absolute Gasteiger partial charge is 0.261 e. The van der Waals surface area contributed by atoms with Crippen molar-refractivity contribution in [3.8, 4) is 10.6 Å². The van der Waals surface area contributed by atoms with Gasteiger partial charge in [0.15, 0.2) is 10.8 Å². The number of hydrogen-bond acceptors (Lipinski definition) is 8. The van der Waals surface area contributed by atoms with E-state index < -0.39 is 0 Å². The Morgan fingerprint density at radius 1 is 1.09 bits per heavy atom. The van der Waals surface area contributed by atoms with Crippen LogP contribution in [-0.4, -0.2) is 53.9 Å². The third-order valence-electron chi connectivity index (χ3n) is 6.12. The highest BCUT2D eigenvalue weighted by atomic mass is 32.1.